The van der Waals surface area contributed by atoms with Gasteiger partial charge in [0.25, 0.3) is 0 Å². The van der Waals surface area contributed by atoms with E-state index in [1.165, 1.54) is 10.4 Å². The number of rotatable bonds is 3. The lowest BCUT2D eigenvalue weighted by Crippen LogP contribution is -2.04. The van der Waals surface area contributed by atoms with Crippen molar-refractivity contribution in [2.24, 2.45) is 0 Å². The van der Waals surface area contributed by atoms with E-state index in [-0.39, 0.29) is 0 Å². The summed E-state index contributed by atoms with van der Waals surface area (Å²) in [6.45, 7) is 4.71. The van der Waals surface area contributed by atoms with E-state index in [4.69, 9.17) is 5.73 Å². The van der Waals surface area contributed by atoms with Gasteiger partial charge in [-0.1, -0.05) is 0 Å². The van der Waals surface area contributed by atoms with Crippen LogP contribution in [-0.4, -0.2) is 9.97 Å². The number of hydrogen-bond donors (Lipinski definition) is 2. The van der Waals surface area contributed by atoms with E-state index >= 15 is 0 Å². The minimum atomic E-state index is 0.498. The number of nitrogens with one attached hydrogen (secondary N) is 1. The zero-order valence-electron chi connectivity index (χ0n) is 9.32. The summed E-state index contributed by atoms with van der Waals surface area (Å²) >= 11 is 1.74. The standard InChI is InChI=1S/C11H14N4S/c1-7-3-4-16-9(7)6-13-11-5-10(12)14-8(2)15-11/h3-5H,6H2,1-2H3,(H3,12,13,14,15). The van der Waals surface area contributed by atoms with Gasteiger partial charge in [0.15, 0.2) is 0 Å². The molecule has 0 radical (unpaired) electrons. The number of nitrogen functional groups attached to an aromatic ring is 1. The molecule has 0 fully saturated rings. The summed E-state index contributed by atoms with van der Waals surface area (Å²) in [5.41, 5.74) is 6.95. The molecule has 0 saturated carbocycles. The van der Waals surface area contributed by atoms with Crippen LogP contribution in [-0.2, 0) is 6.54 Å². The number of thiophene rings is 1. The zero-order chi connectivity index (χ0) is 11.5. The Hall–Kier alpha value is -1.62. The van der Waals surface area contributed by atoms with Gasteiger partial charge in [-0.3, -0.25) is 0 Å². The molecule has 0 spiro atoms. The van der Waals surface area contributed by atoms with E-state index in [1.807, 2.05) is 6.92 Å². The average Bonchev–Trinajstić information content (AvgIpc) is 2.59. The molecule has 4 nitrogen and oxygen atoms in total. The van der Waals surface area contributed by atoms with Crippen molar-refractivity contribution in [3.05, 3.63) is 33.8 Å². The molecule has 5 heteroatoms. The summed E-state index contributed by atoms with van der Waals surface area (Å²) < 4.78 is 0. The van der Waals surface area contributed by atoms with Crippen LogP contribution in [0.15, 0.2) is 17.5 Å². The van der Waals surface area contributed by atoms with Gasteiger partial charge in [-0.2, -0.15) is 0 Å². The van der Waals surface area contributed by atoms with Gasteiger partial charge in [-0.25, -0.2) is 9.97 Å². The van der Waals surface area contributed by atoms with E-state index in [0.717, 1.165) is 12.4 Å². The van der Waals surface area contributed by atoms with Crippen molar-refractivity contribution in [2.45, 2.75) is 20.4 Å². The third-order valence-electron chi connectivity index (χ3n) is 2.26. The highest BCUT2D eigenvalue weighted by Gasteiger charge is 2.02. The SMILES string of the molecule is Cc1nc(N)cc(NCc2sccc2C)n1. The lowest BCUT2D eigenvalue weighted by molar-refractivity contribution is 1.03. The van der Waals surface area contributed by atoms with E-state index in [9.17, 15) is 0 Å². The van der Waals surface area contributed by atoms with Crippen molar-refractivity contribution in [1.29, 1.82) is 0 Å². The van der Waals surface area contributed by atoms with E-state index < -0.39 is 0 Å². The minimum absolute atomic E-state index is 0.498. The highest BCUT2D eigenvalue weighted by Crippen LogP contribution is 2.17. The van der Waals surface area contributed by atoms with Crippen LogP contribution in [0.2, 0.25) is 0 Å². The first-order valence-corrected chi connectivity index (χ1v) is 5.91. The van der Waals surface area contributed by atoms with Crippen molar-refractivity contribution in [3.8, 4) is 0 Å². The molecule has 3 N–H and O–H groups in total. The summed E-state index contributed by atoms with van der Waals surface area (Å²) in [5, 5.41) is 5.34. The lowest BCUT2D eigenvalue weighted by atomic mass is 10.3. The third kappa shape index (κ3) is 2.49. The molecule has 0 bridgehead atoms. The number of nitrogens with zero attached hydrogens (tertiary/aromatic N) is 2. The maximum Gasteiger partial charge on any atom is 0.132 e. The van der Waals surface area contributed by atoms with Gasteiger partial charge >= 0.3 is 0 Å². The van der Waals surface area contributed by atoms with Crippen LogP contribution in [0.5, 0.6) is 0 Å². The second-order valence-corrected chi connectivity index (χ2v) is 4.61. The minimum Gasteiger partial charge on any atom is -0.384 e. The molecule has 2 rings (SSSR count). The summed E-state index contributed by atoms with van der Waals surface area (Å²) in [4.78, 5) is 9.61. The number of aryl methyl sites for hydroxylation is 2. The maximum atomic E-state index is 5.65. The highest BCUT2D eigenvalue weighted by molar-refractivity contribution is 7.10. The van der Waals surface area contributed by atoms with Crippen LogP contribution in [0.1, 0.15) is 16.3 Å². The third-order valence-corrected chi connectivity index (χ3v) is 3.28. The Bertz CT molecular complexity index is 472. The molecule has 0 atom stereocenters. The summed E-state index contributed by atoms with van der Waals surface area (Å²) in [6, 6.07) is 3.86. The second-order valence-electron chi connectivity index (χ2n) is 3.61. The molecule has 0 aromatic carbocycles. The second kappa shape index (κ2) is 4.49. The predicted octanol–water partition coefficient (Wildman–Crippen LogP) is 2.35. The Kier molecular flexibility index (Phi) is 3.05. The van der Waals surface area contributed by atoms with Crippen molar-refractivity contribution in [1.82, 2.24) is 9.97 Å². The van der Waals surface area contributed by atoms with Crippen molar-refractivity contribution >= 4 is 23.0 Å². The molecule has 16 heavy (non-hydrogen) atoms. The summed E-state index contributed by atoms with van der Waals surface area (Å²) in [6.07, 6.45) is 0. The molecular formula is C11H14N4S. The molecule has 0 amide bonds. The van der Waals surface area contributed by atoms with Gasteiger partial charge in [0, 0.05) is 10.9 Å². The lowest BCUT2D eigenvalue weighted by Gasteiger charge is -2.06. The van der Waals surface area contributed by atoms with Gasteiger partial charge in [0.2, 0.25) is 0 Å². The van der Waals surface area contributed by atoms with Crippen molar-refractivity contribution in [3.63, 3.8) is 0 Å². The number of aromatic nitrogens is 2. The fourth-order valence-electron chi connectivity index (χ4n) is 1.44. The molecule has 2 aromatic heterocycles. The molecule has 84 valence electrons. The number of nitrogens with two attached hydrogens (primary N) is 1. The Morgan fingerprint density at radius 2 is 2.19 bits per heavy atom. The van der Waals surface area contributed by atoms with Crippen LogP contribution < -0.4 is 11.1 Å². The zero-order valence-corrected chi connectivity index (χ0v) is 10.1. The van der Waals surface area contributed by atoms with Crippen molar-refractivity contribution < 1.29 is 0 Å². The van der Waals surface area contributed by atoms with E-state index in [1.54, 1.807) is 17.4 Å². The van der Waals surface area contributed by atoms with Crippen LogP contribution in [0.3, 0.4) is 0 Å². The van der Waals surface area contributed by atoms with Crippen LogP contribution in [0.4, 0.5) is 11.6 Å². The maximum absolute atomic E-state index is 5.65. The molecule has 2 heterocycles. The molecular weight excluding hydrogens is 220 g/mol. The average molecular weight is 234 g/mol. The fourth-order valence-corrected chi connectivity index (χ4v) is 2.28. The Morgan fingerprint density at radius 3 is 2.81 bits per heavy atom. The first-order chi connectivity index (χ1) is 7.65. The van der Waals surface area contributed by atoms with E-state index in [0.29, 0.717) is 11.6 Å². The highest BCUT2D eigenvalue weighted by atomic mass is 32.1. The summed E-state index contributed by atoms with van der Waals surface area (Å²) in [5.74, 6) is 1.96. The monoisotopic (exact) mass is 234 g/mol. The molecule has 2 aromatic rings. The normalized spacial score (nSPS) is 10.4. The number of hydrogen-bond acceptors (Lipinski definition) is 5. The van der Waals surface area contributed by atoms with Gasteiger partial charge in [0.05, 0.1) is 6.54 Å². The van der Waals surface area contributed by atoms with Gasteiger partial charge in [-0.05, 0) is 30.9 Å². The van der Waals surface area contributed by atoms with Gasteiger partial charge in [-0.15, -0.1) is 11.3 Å². The van der Waals surface area contributed by atoms with Gasteiger partial charge < -0.3 is 11.1 Å². The molecule has 0 aliphatic carbocycles. The first kappa shape index (κ1) is 10.9. The Morgan fingerprint density at radius 1 is 1.38 bits per heavy atom. The molecule has 0 saturated heterocycles. The van der Waals surface area contributed by atoms with E-state index in [2.05, 4.69) is 33.7 Å². The van der Waals surface area contributed by atoms with Crippen molar-refractivity contribution in [2.75, 3.05) is 11.1 Å². The van der Waals surface area contributed by atoms with Gasteiger partial charge in [0.1, 0.15) is 17.5 Å². The van der Waals surface area contributed by atoms with Crippen LogP contribution >= 0.6 is 11.3 Å². The summed E-state index contributed by atoms with van der Waals surface area (Å²) in [7, 11) is 0. The smallest absolute Gasteiger partial charge is 0.132 e. The molecule has 0 aliphatic rings. The largest absolute Gasteiger partial charge is 0.384 e. The Balaban J connectivity index is 2.07. The number of anilines is 2. The quantitative estimate of drug-likeness (QED) is 0.855. The predicted molar refractivity (Wildman–Crippen MR) is 67.6 cm³/mol. The van der Waals surface area contributed by atoms with Crippen LogP contribution in [0, 0.1) is 13.8 Å². The topological polar surface area (TPSA) is 63.8 Å². The Labute approximate surface area is 98.6 Å². The molecule has 0 unspecified atom stereocenters. The fraction of sp³-hybridized carbons (Fsp3) is 0.273. The molecule has 0 aliphatic heterocycles. The first-order valence-electron chi connectivity index (χ1n) is 5.03. The van der Waals surface area contributed by atoms with Crippen LogP contribution in [0.25, 0.3) is 0 Å².